The molecule has 110 valence electrons. The molecule has 0 bridgehead atoms. The highest BCUT2D eigenvalue weighted by Crippen LogP contribution is 2.32. The van der Waals surface area contributed by atoms with E-state index in [9.17, 15) is 13.6 Å². The molecular weight excluding hydrogens is 328 g/mol. The molecule has 2 rings (SSSR count). The van der Waals surface area contributed by atoms with Crippen LogP contribution in [0.1, 0.15) is 35.2 Å². The SMILES string of the molecule is Cc1ccc(F)c(C(=O)NCC2CCCC2CBr)c1F. The fraction of sp³-hybridized carbons (Fsp3) is 0.533. The highest BCUT2D eigenvalue weighted by atomic mass is 79.9. The number of nitrogens with one attached hydrogen (secondary N) is 1. The molecule has 0 radical (unpaired) electrons. The molecule has 20 heavy (non-hydrogen) atoms. The number of aryl methyl sites for hydroxylation is 1. The van der Waals surface area contributed by atoms with Crippen molar-refractivity contribution in [3.8, 4) is 0 Å². The largest absolute Gasteiger partial charge is 0.352 e. The van der Waals surface area contributed by atoms with Crippen LogP contribution in [0, 0.1) is 30.4 Å². The van der Waals surface area contributed by atoms with E-state index in [1.54, 1.807) is 0 Å². The average Bonchev–Trinajstić information content (AvgIpc) is 2.88. The normalized spacial score (nSPS) is 22.0. The summed E-state index contributed by atoms with van der Waals surface area (Å²) in [5.74, 6) is -1.33. The maximum absolute atomic E-state index is 13.8. The van der Waals surface area contributed by atoms with Crippen LogP contribution in [0.2, 0.25) is 0 Å². The van der Waals surface area contributed by atoms with Gasteiger partial charge in [-0.15, -0.1) is 0 Å². The van der Waals surface area contributed by atoms with Gasteiger partial charge in [0.15, 0.2) is 0 Å². The van der Waals surface area contributed by atoms with Crippen LogP contribution in [0.5, 0.6) is 0 Å². The summed E-state index contributed by atoms with van der Waals surface area (Å²) >= 11 is 3.47. The fourth-order valence-corrected chi connectivity index (χ4v) is 3.61. The molecule has 0 aliphatic heterocycles. The van der Waals surface area contributed by atoms with Crippen LogP contribution < -0.4 is 5.32 Å². The Hall–Kier alpha value is -0.970. The number of alkyl halides is 1. The van der Waals surface area contributed by atoms with Crippen molar-refractivity contribution in [1.29, 1.82) is 0 Å². The van der Waals surface area contributed by atoms with E-state index in [0.717, 1.165) is 30.7 Å². The van der Waals surface area contributed by atoms with Gasteiger partial charge in [-0.2, -0.15) is 0 Å². The van der Waals surface area contributed by atoms with Gasteiger partial charge in [0.1, 0.15) is 17.2 Å². The number of hydrogen-bond donors (Lipinski definition) is 1. The summed E-state index contributed by atoms with van der Waals surface area (Å²) in [5.41, 5.74) is -0.200. The molecule has 1 saturated carbocycles. The lowest BCUT2D eigenvalue weighted by Crippen LogP contribution is -2.32. The zero-order valence-corrected chi connectivity index (χ0v) is 13.0. The average molecular weight is 346 g/mol. The molecule has 0 spiro atoms. The van der Waals surface area contributed by atoms with E-state index >= 15 is 0 Å². The maximum Gasteiger partial charge on any atom is 0.257 e. The second kappa shape index (κ2) is 6.66. The van der Waals surface area contributed by atoms with Gasteiger partial charge >= 0.3 is 0 Å². The number of carbonyl (C=O) groups excluding carboxylic acids is 1. The molecule has 0 saturated heterocycles. The highest BCUT2D eigenvalue weighted by Gasteiger charge is 2.27. The van der Waals surface area contributed by atoms with E-state index < -0.39 is 23.1 Å². The third-order valence-corrected chi connectivity index (χ3v) is 4.88. The van der Waals surface area contributed by atoms with Gasteiger partial charge < -0.3 is 5.32 Å². The molecule has 1 N–H and O–H groups in total. The van der Waals surface area contributed by atoms with E-state index in [1.807, 2.05) is 0 Å². The monoisotopic (exact) mass is 345 g/mol. The Morgan fingerprint density at radius 1 is 1.35 bits per heavy atom. The van der Waals surface area contributed by atoms with Gasteiger partial charge in [0.05, 0.1) is 0 Å². The lowest BCUT2D eigenvalue weighted by molar-refractivity contribution is 0.0936. The smallest absolute Gasteiger partial charge is 0.257 e. The van der Waals surface area contributed by atoms with Crippen LogP contribution in [0.3, 0.4) is 0 Å². The molecule has 1 aliphatic rings. The first kappa shape index (κ1) is 15.4. The first-order chi connectivity index (χ1) is 9.54. The van der Waals surface area contributed by atoms with Crippen LogP contribution in [0.25, 0.3) is 0 Å². The van der Waals surface area contributed by atoms with Crippen LogP contribution >= 0.6 is 15.9 Å². The second-order valence-corrected chi connectivity index (χ2v) is 6.02. The van der Waals surface area contributed by atoms with Crippen molar-refractivity contribution < 1.29 is 13.6 Å². The Morgan fingerprint density at radius 2 is 2.05 bits per heavy atom. The zero-order valence-electron chi connectivity index (χ0n) is 11.4. The van der Waals surface area contributed by atoms with Gasteiger partial charge in [-0.3, -0.25) is 4.79 Å². The molecule has 2 atom stereocenters. The second-order valence-electron chi connectivity index (χ2n) is 5.37. The molecule has 2 unspecified atom stereocenters. The van der Waals surface area contributed by atoms with E-state index in [4.69, 9.17) is 0 Å². The Balaban J connectivity index is 2.04. The lowest BCUT2D eigenvalue weighted by Gasteiger charge is -2.18. The van der Waals surface area contributed by atoms with E-state index in [0.29, 0.717) is 18.4 Å². The van der Waals surface area contributed by atoms with Crippen LogP contribution in [0.4, 0.5) is 8.78 Å². The van der Waals surface area contributed by atoms with E-state index in [-0.39, 0.29) is 5.56 Å². The van der Waals surface area contributed by atoms with Crippen molar-refractivity contribution in [2.24, 2.45) is 11.8 Å². The molecule has 1 amide bonds. The molecule has 1 aliphatic carbocycles. The first-order valence-electron chi connectivity index (χ1n) is 6.83. The van der Waals surface area contributed by atoms with Gasteiger partial charge in [0.25, 0.3) is 5.91 Å². The number of rotatable bonds is 4. The standard InChI is InChI=1S/C15H18BrF2NO/c1-9-5-6-12(17)13(14(9)18)15(20)19-8-11-4-2-3-10(11)7-16/h5-6,10-11H,2-4,7-8H2,1H3,(H,19,20). The summed E-state index contributed by atoms with van der Waals surface area (Å²) in [7, 11) is 0. The van der Waals surface area contributed by atoms with Gasteiger partial charge in [-0.05, 0) is 43.2 Å². The summed E-state index contributed by atoms with van der Waals surface area (Å²) < 4.78 is 27.5. The van der Waals surface area contributed by atoms with Gasteiger partial charge in [0, 0.05) is 11.9 Å². The number of amides is 1. The summed E-state index contributed by atoms with van der Waals surface area (Å²) in [6.07, 6.45) is 3.33. The molecule has 0 aromatic heterocycles. The fourth-order valence-electron chi connectivity index (χ4n) is 2.76. The summed E-state index contributed by atoms with van der Waals surface area (Å²) in [4.78, 5) is 12.0. The Kier molecular flexibility index (Phi) is 5.13. The first-order valence-corrected chi connectivity index (χ1v) is 7.95. The van der Waals surface area contributed by atoms with Gasteiger partial charge in [-0.1, -0.05) is 28.4 Å². The summed E-state index contributed by atoms with van der Waals surface area (Å²) in [5, 5.41) is 3.58. The number of carbonyl (C=O) groups is 1. The van der Waals surface area contributed by atoms with Crippen molar-refractivity contribution in [3.05, 3.63) is 34.9 Å². The Morgan fingerprint density at radius 3 is 2.75 bits per heavy atom. The van der Waals surface area contributed by atoms with Crippen LogP contribution in [0.15, 0.2) is 12.1 Å². The predicted molar refractivity (Wildman–Crippen MR) is 78.1 cm³/mol. The maximum atomic E-state index is 13.8. The highest BCUT2D eigenvalue weighted by molar-refractivity contribution is 9.09. The molecule has 0 heterocycles. The van der Waals surface area contributed by atoms with E-state index in [1.165, 1.54) is 13.0 Å². The van der Waals surface area contributed by atoms with Crippen molar-refractivity contribution in [3.63, 3.8) is 0 Å². The predicted octanol–water partition coefficient (Wildman–Crippen LogP) is 3.81. The Labute approximate surface area is 126 Å². The van der Waals surface area contributed by atoms with Crippen molar-refractivity contribution >= 4 is 21.8 Å². The van der Waals surface area contributed by atoms with E-state index in [2.05, 4.69) is 21.2 Å². The molecule has 1 aromatic rings. The summed E-state index contributed by atoms with van der Waals surface area (Å²) in [6, 6.07) is 2.46. The van der Waals surface area contributed by atoms with Gasteiger partial charge in [0.2, 0.25) is 0 Å². The third kappa shape index (κ3) is 3.19. The molecular formula is C15H18BrF2NO. The number of halogens is 3. The van der Waals surface area contributed by atoms with Crippen molar-refractivity contribution in [1.82, 2.24) is 5.32 Å². The molecule has 1 fully saturated rings. The minimum Gasteiger partial charge on any atom is -0.352 e. The number of hydrogen-bond acceptors (Lipinski definition) is 1. The molecule has 2 nitrogen and oxygen atoms in total. The topological polar surface area (TPSA) is 29.1 Å². The lowest BCUT2D eigenvalue weighted by atomic mass is 9.98. The Bertz CT molecular complexity index is 507. The quantitative estimate of drug-likeness (QED) is 0.826. The van der Waals surface area contributed by atoms with Crippen LogP contribution in [-0.2, 0) is 0 Å². The molecule has 5 heteroatoms. The van der Waals surface area contributed by atoms with Crippen molar-refractivity contribution in [2.45, 2.75) is 26.2 Å². The minimum absolute atomic E-state index is 0.274. The molecule has 1 aromatic carbocycles. The zero-order chi connectivity index (χ0) is 14.7. The minimum atomic E-state index is -0.811. The third-order valence-electron chi connectivity index (χ3n) is 4.05. The number of benzene rings is 1. The van der Waals surface area contributed by atoms with Crippen molar-refractivity contribution in [2.75, 3.05) is 11.9 Å². The summed E-state index contributed by atoms with van der Waals surface area (Å²) in [6.45, 7) is 1.99. The van der Waals surface area contributed by atoms with Gasteiger partial charge in [-0.25, -0.2) is 8.78 Å². The van der Waals surface area contributed by atoms with Crippen LogP contribution in [-0.4, -0.2) is 17.8 Å².